The number of benzene rings is 1. The van der Waals surface area contributed by atoms with Crippen molar-refractivity contribution in [3.8, 4) is 11.8 Å². The molecule has 1 saturated carbocycles. The molecular weight excluding hydrogens is 295 g/mol. The van der Waals surface area contributed by atoms with Gasteiger partial charge in [0.15, 0.2) is 0 Å². The lowest BCUT2D eigenvalue weighted by Crippen LogP contribution is -2.34. The van der Waals surface area contributed by atoms with Gasteiger partial charge in [-0.3, -0.25) is 4.79 Å². The number of nitrogens with one attached hydrogen (secondary N) is 1. The number of amides is 1. The average molecular weight is 311 g/mol. The molecule has 0 saturated heterocycles. The summed E-state index contributed by atoms with van der Waals surface area (Å²) >= 11 is 0. The summed E-state index contributed by atoms with van der Waals surface area (Å²) in [4.78, 5) is 11.8. The van der Waals surface area contributed by atoms with E-state index >= 15 is 0 Å². The Morgan fingerprint density at radius 2 is 1.95 bits per heavy atom. The molecule has 3 nitrogen and oxygen atoms in total. The third-order valence-corrected chi connectivity index (χ3v) is 3.61. The molecule has 118 valence electrons. The SMILES string of the molecule is O=C(NCC#Cc1ccc(C(F)(F)F)cc1)C1CCCC1O. The Kier molecular flexibility index (Phi) is 5.09. The number of aliphatic hydroxyl groups is 1. The van der Waals surface area contributed by atoms with Crippen molar-refractivity contribution in [1.82, 2.24) is 5.32 Å². The van der Waals surface area contributed by atoms with Crippen LogP contribution in [0.15, 0.2) is 24.3 Å². The van der Waals surface area contributed by atoms with E-state index in [9.17, 15) is 23.1 Å². The maximum absolute atomic E-state index is 12.4. The van der Waals surface area contributed by atoms with Crippen molar-refractivity contribution in [2.24, 2.45) is 5.92 Å². The fraction of sp³-hybridized carbons (Fsp3) is 0.438. The molecule has 0 aromatic heterocycles. The Morgan fingerprint density at radius 3 is 2.50 bits per heavy atom. The standard InChI is InChI=1S/C16H16F3NO2/c17-16(18,19)12-8-6-11(7-9-12)3-2-10-20-15(22)13-4-1-5-14(13)21/h6-9,13-14,21H,1,4-5,10H2,(H,20,22). The molecule has 0 aliphatic heterocycles. The monoisotopic (exact) mass is 311 g/mol. The van der Waals surface area contributed by atoms with Crippen molar-refractivity contribution in [3.63, 3.8) is 0 Å². The smallest absolute Gasteiger partial charge is 0.392 e. The molecule has 1 amide bonds. The molecule has 22 heavy (non-hydrogen) atoms. The van der Waals surface area contributed by atoms with Gasteiger partial charge in [-0.25, -0.2) is 0 Å². The Morgan fingerprint density at radius 1 is 1.27 bits per heavy atom. The highest BCUT2D eigenvalue weighted by Gasteiger charge is 2.31. The van der Waals surface area contributed by atoms with Crippen molar-refractivity contribution in [2.75, 3.05) is 6.54 Å². The van der Waals surface area contributed by atoms with E-state index < -0.39 is 17.8 Å². The van der Waals surface area contributed by atoms with E-state index in [0.29, 0.717) is 18.4 Å². The van der Waals surface area contributed by atoms with Crippen molar-refractivity contribution in [1.29, 1.82) is 0 Å². The zero-order chi connectivity index (χ0) is 16.2. The highest BCUT2D eigenvalue weighted by molar-refractivity contribution is 5.79. The second-order valence-electron chi connectivity index (χ2n) is 5.20. The van der Waals surface area contributed by atoms with Gasteiger partial charge in [0.1, 0.15) is 0 Å². The van der Waals surface area contributed by atoms with Crippen LogP contribution in [0.1, 0.15) is 30.4 Å². The first kappa shape index (κ1) is 16.4. The second-order valence-corrected chi connectivity index (χ2v) is 5.20. The third-order valence-electron chi connectivity index (χ3n) is 3.61. The van der Waals surface area contributed by atoms with Crippen LogP contribution < -0.4 is 5.32 Å². The predicted molar refractivity (Wildman–Crippen MR) is 74.7 cm³/mol. The van der Waals surface area contributed by atoms with Crippen LogP contribution in [0.2, 0.25) is 0 Å². The largest absolute Gasteiger partial charge is 0.416 e. The van der Waals surface area contributed by atoms with E-state index in [1.807, 2.05) is 0 Å². The number of hydrogen-bond acceptors (Lipinski definition) is 2. The first-order valence-corrected chi connectivity index (χ1v) is 7.00. The molecule has 2 N–H and O–H groups in total. The molecule has 6 heteroatoms. The third kappa shape index (κ3) is 4.25. The second kappa shape index (κ2) is 6.84. The molecule has 2 atom stereocenters. The van der Waals surface area contributed by atoms with Crippen LogP contribution in [0.5, 0.6) is 0 Å². The number of carbonyl (C=O) groups is 1. The number of halogens is 3. The van der Waals surface area contributed by atoms with Crippen molar-refractivity contribution >= 4 is 5.91 Å². The molecular formula is C16H16F3NO2. The molecule has 0 radical (unpaired) electrons. The van der Waals surface area contributed by atoms with Gasteiger partial charge in [-0.05, 0) is 43.5 Å². The minimum Gasteiger partial charge on any atom is -0.392 e. The molecule has 0 bridgehead atoms. The normalized spacial score (nSPS) is 21.1. The first-order chi connectivity index (χ1) is 10.4. The highest BCUT2D eigenvalue weighted by atomic mass is 19.4. The van der Waals surface area contributed by atoms with E-state index in [1.54, 1.807) is 0 Å². The summed E-state index contributed by atoms with van der Waals surface area (Å²) < 4.78 is 37.2. The summed E-state index contributed by atoms with van der Waals surface area (Å²) in [6.07, 6.45) is -2.82. The van der Waals surface area contributed by atoms with Gasteiger partial charge >= 0.3 is 6.18 Å². The Bertz CT molecular complexity index is 584. The minimum atomic E-state index is -4.36. The number of hydrogen-bond donors (Lipinski definition) is 2. The van der Waals surface area contributed by atoms with E-state index in [2.05, 4.69) is 17.2 Å². The van der Waals surface area contributed by atoms with Gasteiger partial charge < -0.3 is 10.4 Å². The highest BCUT2D eigenvalue weighted by Crippen LogP contribution is 2.29. The van der Waals surface area contributed by atoms with Crippen LogP contribution >= 0.6 is 0 Å². The molecule has 1 aliphatic rings. The van der Waals surface area contributed by atoms with Gasteiger partial charge in [0.05, 0.1) is 24.1 Å². The van der Waals surface area contributed by atoms with Gasteiger partial charge in [0.25, 0.3) is 0 Å². The molecule has 1 aromatic rings. The Labute approximate surface area is 126 Å². The van der Waals surface area contributed by atoms with Crippen molar-refractivity contribution in [2.45, 2.75) is 31.5 Å². The summed E-state index contributed by atoms with van der Waals surface area (Å²) in [7, 11) is 0. The van der Waals surface area contributed by atoms with Gasteiger partial charge in [0, 0.05) is 5.56 Å². The maximum Gasteiger partial charge on any atom is 0.416 e. The summed E-state index contributed by atoms with van der Waals surface area (Å²) in [6, 6.07) is 4.52. The topological polar surface area (TPSA) is 49.3 Å². The maximum atomic E-state index is 12.4. The van der Waals surface area contributed by atoms with Crippen LogP contribution in [0, 0.1) is 17.8 Å². The lowest BCUT2D eigenvalue weighted by molar-refractivity contribution is -0.137. The summed E-state index contributed by atoms with van der Waals surface area (Å²) in [5, 5.41) is 12.2. The number of rotatable bonds is 2. The van der Waals surface area contributed by atoms with Gasteiger partial charge in [-0.1, -0.05) is 11.8 Å². The fourth-order valence-corrected chi connectivity index (χ4v) is 2.40. The molecule has 1 aliphatic carbocycles. The van der Waals surface area contributed by atoms with E-state index in [-0.39, 0.29) is 18.4 Å². The fourth-order valence-electron chi connectivity index (χ4n) is 2.40. The van der Waals surface area contributed by atoms with Crippen LogP contribution in [-0.2, 0) is 11.0 Å². The first-order valence-electron chi connectivity index (χ1n) is 7.00. The van der Waals surface area contributed by atoms with Crippen LogP contribution in [0.25, 0.3) is 0 Å². The molecule has 2 rings (SSSR count). The lowest BCUT2D eigenvalue weighted by atomic mass is 10.1. The lowest BCUT2D eigenvalue weighted by Gasteiger charge is -2.12. The van der Waals surface area contributed by atoms with Crippen molar-refractivity contribution < 1.29 is 23.1 Å². The van der Waals surface area contributed by atoms with Gasteiger partial charge in [-0.2, -0.15) is 13.2 Å². The molecule has 0 spiro atoms. The zero-order valence-electron chi connectivity index (χ0n) is 11.8. The summed E-state index contributed by atoms with van der Waals surface area (Å²) in [5.41, 5.74) is -0.273. The summed E-state index contributed by atoms with van der Waals surface area (Å²) in [5.74, 6) is 4.76. The minimum absolute atomic E-state index is 0.100. The van der Waals surface area contributed by atoms with Crippen molar-refractivity contribution in [3.05, 3.63) is 35.4 Å². The Hall–Kier alpha value is -2.00. The van der Waals surface area contributed by atoms with Crippen LogP contribution in [-0.4, -0.2) is 23.7 Å². The molecule has 0 heterocycles. The van der Waals surface area contributed by atoms with E-state index in [4.69, 9.17) is 0 Å². The van der Waals surface area contributed by atoms with Gasteiger partial charge in [0.2, 0.25) is 5.91 Å². The van der Waals surface area contributed by atoms with Gasteiger partial charge in [-0.15, -0.1) is 0 Å². The van der Waals surface area contributed by atoms with Crippen LogP contribution in [0.4, 0.5) is 13.2 Å². The van der Waals surface area contributed by atoms with E-state index in [0.717, 1.165) is 18.6 Å². The number of carbonyl (C=O) groups excluding carboxylic acids is 1. The van der Waals surface area contributed by atoms with E-state index in [1.165, 1.54) is 12.1 Å². The quantitative estimate of drug-likeness (QED) is 0.824. The molecule has 2 unspecified atom stereocenters. The summed E-state index contributed by atoms with van der Waals surface area (Å²) in [6.45, 7) is 0.100. The number of aliphatic hydroxyl groups excluding tert-OH is 1. The average Bonchev–Trinajstić information content (AvgIpc) is 2.89. The zero-order valence-corrected chi connectivity index (χ0v) is 11.8. The predicted octanol–water partition coefficient (Wildman–Crippen LogP) is 2.33. The van der Waals surface area contributed by atoms with Crippen LogP contribution in [0.3, 0.4) is 0 Å². The molecule has 1 aromatic carbocycles. The Balaban J connectivity index is 1.85. The number of alkyl halides is 3. The molecule has 1 fully saturated rings.